The molecule has 1 aromatic carbocycles. The zero-order valence-electron chi connectivity index (χ0n) is 10.7. The fourth-order valence-corrected chi connectivity index (χ4v) is 2.34. The van der Waals surface area contributed by atoms with Crippen molar-refractivity contribution < 1.29 is 0 Å². The number of nitrogens with zero attached hydrogens (tertiary/aromatic N) is 2. The van der Waals surface area contributed by atoms with Gasteiger partial charge in [-0.1, -0.05) is 23.7 Å². The molecule has 1 aromatic heterocycles. The Morgan fingerprint density at radius 3 is 2.83 bits per heavy atom. The van der Waals surface area contributed by atoms with Crippen LogP contribution >= 0.6 is 11.6 Å². The van der Waals surface area contributed by atoms with Crippen molar-refractivity contribution in [3.05, 3.63) is 52.8 Å². The minimum atomic E-state index is 0.392. The second-order valence-electron chi connectivity index (χ2n) is 4.49. The average molecular weight is 264 g/mol. The van der Waals surface area contributed by atoms with E-state index in [2.05, 4.69) is 22.5 Å². The molecule has 4 heteroatoms. The number of benzene rings is 1. The molecule has 0 radical (unpaired) electrons. The van der Waals surface area contributed by atoms with Crippen molar-refractivity contribution >= 4 is 11.6 Å². The minimum Gasteiger partial charge on any atom is -0.319 e. The molecule has 0 saturated carbocycles. The fourth-order valence-electron chi connectivity index (χ4n) is 2.14. The summed E-state index contributed by atoms with van der Waals surface area (Å²) in [5.41, 5.74) is 2.36. The number of hydrogen-bond donors (Lipinski definition) is 1. The van der Waals surface area contributed by atoms with E-state index in [1.807, 2.05) is 43.2 Å². The van der Waals surface area contributed by atoms with Crippen LogP contribution in [0.3, 0.4) is 0 Å². The van der Waals surface area contributed by atoms with Crippen LogP contribution in [0.4, 0.5) is 0 Å². The number of nitrogens with one attached hydrogen (secondary N) is 1. The molecule has 2 aromatic rings. The first-order valence-electron chi connectivity index (χ1n) is 6.07. The lowest BCUT2D eigenvalue weighted by Crippen LogP contribution is -2.19. The zero-order chi connectivity index (χ0) is 13.0. The van der Waals surface area contributed by atoms with E-state index in [0.717, 1.165) is 23.7 Å². The van der Waals surface area contributed by atoms with Crippen molar-refractivity contribution in [1.82, 2.24) is 15.1 Å². The lowest BCUT2D eigenvalue weighted by Gasteiger charge is -2.16. The Morgan fingerprint density at radius 2 is 2.22 bits per heavy atom. The SMILES string of the molecule is CNCC(Cc1ccn(C)n1)c1cccc(Cl)c1. The molecule has 1 atom stereocenters. The number of halogens is 1. The van der Waals surface area contributed by atoms with Gasteiger partial charge in [-0.2, -0.15) is 5.10 Å². The molecule has 3 nitrogen and oxygen atoms in total. The highest BCUT2D eigenvalue weighted by Crippen LogP contribution is 2.22. The molecule has 0 saturated heterocycles. The van der Waals surface area contributed by atoms with Crippen LogP contribution in [0.15, 0.2) is 36.5 Å². The Bertz CT molecular complexity index is 507. The normalized spacial score (nSPS) is 12.6. The van der Waals surface area contributed by atoms with E-state index in [0.29, 0.717) is 5.92 Å². The Balaban J connectivity index is 2.17. The summed E-state index contributed by atoms with van der Waals surface area (Å²) in [5, 5.41) is 8.46. The summed E-state index contributed by atoms with van der Waals surface area (Å²) in [6.07, 6.45) is 2.89. The van der Waals surface area contributed by atoms with Gasteiger partial charge in [-0.05, 0) is 37.2 Å². The maximum atomic E-state index is 6.06. The molecule has 1 unspecified atom stereocenters. The lowest BCUT2D eigenvalue weighted by atomic mass is 9.94. The van der Waals surface area contributed by atoms with E-state index in [4.69, 9.17) is 11.6 Å². The van der Waals surface area contributed by atoms with Crippen molar-refractivity contribution in [3.8, 4) is 0 Å². The third-order valence-electron chi connectivity index (χ3n) is 2.99. The van der Waals surface area contributed by atoms with E-state index in [-0.39, 0.29) is 0 Å². The summed E-state index contributed by atoms with van der Waals surface area (Å²) in [5.74, 6) is 0.392. The first kappa shape index (κ1) is 13.1. The smallest absolute Gasteiger partial charge is 0.0631 e. The van der Waals surface area contributed by atoms with Crippen LogP contribution in [0.5, 0.6) is 0 Å². The molecule has 1 N–H and O–H groups in total. The number of aromatic nitrogens is 2. The van der Waals surface area contributed by atoms with Gasteiger partial charge in [-0.3, -0.25) is 4.68 Å². The van der Waals surface area contributed by atoms with Crippen molar-refractivity contribution in [2.75, 3.05) is 13.6 Å². The van der Waals surface area contributed by atoms with Crippen LogP contribution in [-0.4, -0.2) is 23.4 Å². The van der Waals surface area contributed by atoms with Gasteiger partial charge in [0.05, 0.1) is 5.69 Å². The van der Waals surface area contributed by atoms with Crippen molar-refractivity contribution in [3.63, 3.8) is 0 Å². The highest BCUT2D eigenvalue weighted by Gasteiger charge is 2.13. The van der Waals surface area contributed by atoms with Crippen LogP contribution in [0.25, 0.3) is 0 Å². The van der Waals surface area contributed by atoms with Crippen molar-refractivity contribution in [2.45, 2.75) is 12.3 Å². The summed E-state index contributed by atoms with van der Waals surface area (Å²) in [6.45, 7) is 0.914. The Kier molecular flexibility index (Phi) is 4.39. The van der Waals surface area contributed by atoms with Crippen LogP contribution in [0.1, 0.15) is 17.2 Å². The van der Waals surface area contributed by atoms with E-state index < -0.39 is 0 Å². The fraction of sp³-hybridized carbons (Fsp3) is 0.357. The topological polar surface area (TPSA) is 29.9 Å². The highest BCUT2D eigenvalue weighted by atomic mass is 35.5. The van der Waals surface area contributed by atoms with E-state index >= 15 is 0 Å². The Hall–Kier alpha value is -1.32. The molecule has 1 heterocycles. The largest absolute Gasteiger partial charge is 0.319 e. The van der Waals surface area contributed by atoms with E-state index in [9.17, 15) is 0 Å². The molecule has 0 spiro atoms. The first-order chi connectivity index (χ1) is 8.69. The van der Waals surface area contributed by atoms with Gasteiger partial charge in [0.1, 0.15) is 0 Å². The quantitative estimate of drug-likeness (QED) is 0.899. The molecule has 2 rings (SSSR count). The average Bonchev–Trinajstić information content (AvgIpc) is 2.74. The van der Waals surface area contributed by atoms with Gasteiger partial charge in [0.25, 0.3) is 0 Å². The number of rotatable bonds is 5. The second-order valence-corrected chi connectivity index (χ2v) is 4.93. The molecular formula is C14H18ClN3. The second kappa shape index (κ2) is 6.03. The maximum absolute atomic E-state index is 6.06. The van der Waals surface area contributed by atoms with Crippen LogP contribution in [0, 0.1) is 0 Å². The van der Waals surface area contributed by atoms with Gasteiger partial charge in [0.2, 0.25) is 0 Å². The third kappa shape index (κ3) is 3.34. The highest BCUT2D eigenvalue weighted by molar-refractivity contribution is 6.30. The number of hydrogen-bond acceptors (Lipinski definition) is 2. The number of aryl methyl sites for hydroxylation is 1. The predicted molar refractivity (Wildman–Crippen MR) is 75.0 cm³/mol. The summed E-state index contributed by atoms with van der Waals surface area (Å²) in [6, 6.07) is 10.1. The summed E-state index contributed by atoms with van der Waals surface area (Å²) in [7, 11) is 3.91. The van der Waals surface area contributed by atoms with Gasteiger partial charge in [-0.15, -0.1) is 0 Å². The predicted octanol–water partition coefficient (Wildman–Crippen LogP) is 2.62. The van der Waals surface area contributed by atoms with Gasteiger partial charge in [-0.25, -0.2) is 0 Å². The summed E-state index contributed by atoms with van der Waals surface area (Å²) in [4.78, 5) is 0. The zero-order valence-corrected chi connectivity index (χ0v) is 11.5. The molecule has 0 aliphatic heterocycles. The molecule has 0 fully saturated rings. The summed E-state index contributed by atoms with van der Waals surface area (Å²) >= 11 is 6.06. The van der Waals surface area contributed by atoms with Crippen molar-refractivity contribution in [1.29, 1.82) is 0 Å². The van der Waals surface area contributed by atoms with Crippen LogP contribution < -0.4 is 5.32 Å². The molecule has 0 bridgehead atoms. The van der Waals surface area contributed by atoms with Gasteiger partial charge < -0.3 is 5.32 Å². The van der Waals surface area contributed by atoms with Gasteiger partial charge in [0.15, 0.2) is 0 Å². The molecule has 0 aliphatic carbocycles. The standard InChI is InChI=1S/C14H18ClN3/c1-16-10-12(9-14-6-7-18(2)17-14)11-4-3-5-13(15)8-11/h3-8,12,16H,9-10H2,1-2H3. The Labute approximate surface area is 113 Å². The lowest BCUT2D eigenvalue weighted by molar-refractivity contribution is 0.609. The van der Waals surface area contributed by atoms with Gasteiger partial charge >= 0.3 is 0 Å². The first-order valence-corrected chi connectivity index (χ1v) is 6.45. The van der Waals surface area contributed by atoms with Gasteiger partial charge in [0, 0.05) is 30.7 Å². The molecule has 18 heavy (non-hydrogen) atoms. The molecule has 0 amide bonds. The minimum absolute atomic E-state index is 0.392. The van der Waals surface area contributed by atoms with E-state index in [1.165, 1.54) is 5.56 Å². The van der Waals surface area contributed by atoms with Crippen LogP contribution in [0.2, 0.25) is 5.02 Å². The maximum Gasteiger partial charge on any atom is 0.0631 e. The van der Waals surface area contributed by atoms with E-state index in [1.54, 1.807) is 0 Å². The number of likely N-dealkylation sites (N-methyl/N-ethyl adjacent to an activating group) is 1. The molecule has 0 aliphatic rings. The van der Waals surface area contributed by atoms with Crippen molar-refractivity contribution in [2.24, 2.45) is 7.05 Å². The Morgan fingerprint density at radius 1 is 1.39 bits per heavy atom. The molecule has 96 valence electrons. The summed E-state index contributed by atoms with van der Waals surface area (Å²) < 4.78 is 1.84. The monoisotopic (exact) mass is 263 g/mol. The van der Waals surface area contributed by atoms with Crippen LogP contribution in [-0.2, 0) is 13.5 Å². The third-order valence-corrected chi connectivity index (χ3v) is 3.23. The molecular weight excluding hydrogens is 246 g/mol.